The largest absolute Gasteiger partial charge is 0.0616 e. The molecule has 9 aromatic rings. The third kappa shape index (κ3) is 4.96. The van der Waals surface area contributed by atoms with Gasteiger partial charge in [0, 0.05) is 0 Å². The highest BCUT2D eigenvalue weighted by Gasteiger charge is 2.16. The number of fused-ring (bicyclic) bond motifs is 4. The molecule has 0 amide bonds. The Morgan fingerprint density at radius 1 is 0.271 bits per heavy atom. The van der Waals surface area contributed by atoms with Gasteiger partial charge in [-0.3, -0.25) is 0 Å². The van der Waals surface area contributed by atoms with E-state index in [0.717, 1.165) is 0 Å². The first-order valence-electron chi connectivity index (χ1n) is 16.6. The monoisotopic (exact) mass is 608 g/mol. The summed E-state index contributed by atoms with van der Waals surface area (Å²) in [6.07, 6.45) is 4.40. The second kappa shape index (κ2) is 11.8. The molecule has 0 heterocycles. The third-order valence-corrected chi connectivity index (χ3v) is 9.65. The molecule has 0 aliphatic rings. The molecule has 0 aromatic heterocycles. The van der Waals surface area contributed by atoms with Crippen molar-refractivity contribution in [1.82, 2.24) is 0 Å². The van der Waals surface area contributed by atoms with Gasteiger partial charge in [0.05, 0.1) is 0 Å². The molecule has 48 heavy (non-hydrogen) atoms. The Labute approximate surface area is 280 Å². The first-order valence-corrected chi connectivity index (χ1v) is 16.6. The second-order valence-electron chi connectivity index (χ2n) is 12.5. The number of benzene rings is 9. The predicted octanol–water partition coefficient (Wildman–Crippen LogP) is 13.5. The fourth-order valence-electron chi connectivity index (χ4n) is 7.30. The third-order valence-electron chi connectivity index (χ3n) is 9.65. The average Bonchev–Trinajstić information content (AvgIpc) is 3.16. The Kier molecular flexibility index (Phi) is 6.91. The first-order chi connectivity index (χ1) is 23.8. The summed E-state index contributed by atoms with van der Waals surface area (Å²) in [4.78, 5) is 0. The minimum absolute atomic E-state index is 1.18. The van der Waals surface area contributed by atoms with Crippen molar-refractivity contribution < 1.29 is 0 Å². The molecule has 0 fully saturated rings. The molecule has 0 aliphatic carbocycles. The van der Waals surface area contributed by atoms with Crippen LogP contribution in [0.1, 0.15) is 11.1 Å². The van der Waals surface area contributed by atoms with Crippen LogP contribution in [0.2, 0.25) is 0 Å². The lowest BCUT2D eigenvalue weighted by molar-refractivity contribution is 1.62. The van der Waals surface area contributed by atoms with Gasteiger partial charge in [-0.25, -0.2) is 0 Å². The van der Waals surface area contributed by atoms with E-state index in [1.165, 1.54) is 87.6 Å². The lowest BCUT2D eigenvalue weighted by atomic mass is 9.85. The smallest absolute Gasteiger partial charge is 0.00262 e. The quantitative estimate of drug-likeness (QED) is 0.135. The zero-order valence-electron chi connectivity index (χ0n) is 26.5. The van der Waals surface area contributed by atoms with Gasteiger partial charge < -0.3 is 0 Å². The van der Waals surface area contributed by atoms with Crippen molar-refractivity contribution in [2.45, 2.75) is 0 Å². The molecular formula is C48H32. The summed E-state index contributed by atoms with van der Waals surface area (Å²) in [7, 11) is 0. The molecule has 0 unspecified atom stereocenters. The van der Waals surface area contributed by atoms with Crippen molar-refractivity contribution in [2.75, 3.05) is 0 Å². The van der Waals surface area contributed by atoms with E-state index in [1.807, 2.05) is 0 Å². The zero-order chi connectivity index (χ0) is 31.9. The van der Waals surface area contributed by atoms with E-state index < -0.39 is 0 Å². The van der Waals surface area contributed by atoms with Crippen molar-refractivity contribution in [2.24, 2.45) is 0 Å². The Balaban J connectivity index is 1.07. The standard InChI is InChI=1S/C48H32/c1-2-12-39-32-40(31-30-35(39)10-1)48-45-17-7-5-15-43(45)47(44-16-6-8-18-46(44)48)38-28-24-34(25-29-38)21-20-33-22-26-37(27-23-33)42-19-9-13-36-11-3-4-14-41(36)42/h1-32H/b21-20+. The highest BCUT2D eigenvalue weighted by molar-refractivity contribution is 6.21. The fourth-order valence-corrected chi connectivity index (χ4v) is 7.30. The van der Waals surface area contributed by atoms with Crippen molar-refractivity contribution in [3.05, 3.63) is 193 Å². The maximum atomic E-state index is 2.33. The van der Waals surface area contributed by atoms with E-state index in [4.69, 9.17) is 0 Å². The molecule has 0 N–H and O–H groups in total. The van der Waals surface area contributed by atoms with E-state index in [-0.39, 0.29) is 0 Å². The summed E-state index contributed by atoms with van der Waals surface area (Å²) >= 11 is 0. The van der Waals surface area contributed by atoms with Gasteiger partial charge in [0.15, 0.2) is 0 Å². The van der Waals surface area contributed by atoms with Gasteiger partial charge in [-0.05, 0) is 93.7 Å². The van der Waals surface area contributed by atoms with Gasteiger partial charge in [-0.1, -0.05) is 188 Å². The van der Waals surface area contributed by atoms with Crippen molar-refractivity contribution in [3.63, 3.8) is 0 Å². The van der Waals surface area contributed by atoms with Gasteiger partial charge in [-0.2, -0.15) is 0 Å². The Morgan fingerprint density at radius 2 is 0.708 bits per heavy atom. The molecular weight excluding hydrogens is 577 g/mol. The second-order valence-corrected chi connectivity index (χ2v) is 12.5. The zero-order valence-corrected chi connectivity index (χ0v) is 26.5. The topological polar surface area (TPSA) is 0 Å². The molecule has 9 rings (SSSR count). The summed E-state index contributed by atoms with van der Waals surface area (Å²) in [6, 6.07) is 66.2. The molecule has 0 saturated heterocycles. The van der Waals surface area contributed by atoms with Crippen LogP contribution >= 0.6 is 0 Å². The molecule has 0 heteroatoms. The van der Waals surface area contributed by atoms with E-state index in [2.05, 4.69) is 194 Å². The SMILES string of the molecule is C(=C\c1ccc(-c2c3ccccc3c(-c3ccc4ccccc4c3)c3ccccc23)cc1)/c1ccc(-c2cccc3ccccc23)cc1. The molecule has 0 atom stereocenters. The Morgan fingerprint density at radius 3 is 1.31 bits per heavy atom. The maximum absolute atomic E-state index is 2.33. The molecule has 0 bridgehead atoms. The van der Waals surface area contributed by atoms with Crippen LogP contribution in [0.25, 0.3) is 88.6 Å². The van der Waals surface area contributed by atoms with Crippen LogP contribution in [-0.2, 0) is 0 Å². The Bertz CT molecular complexity index is 2580. The summed E-state index contributed by atoms with van der Waals surface area (Å²) in [6.45, 7) is 0. The highest BCUT2D eigenvalue weighted by Crippen LogP contribution is 2.44. The van der Waals surface area contributed by atoms with E-state index in [9.17, 15) is 0 Å². The maximum Gasteiger partial charge on any atom is -0.00262 e. The normalized spacial score (nSPS) is 11.7. The molecule has 0 aliphatic heterocycles. The van der Waals surface area contributed by atoms with Crippen LogP contribution in [0, 0.1) is 0 Å². The number of hydrogen-bond donors (Lipinski definition) is 0. The molecule has 224 valence electrons. The van der Waals surface area contributed by atoms with E-state index in [1.54, 1.807) is 0 Å². The average molecular weight is 609 g/mol. The van der Waals surface area contributed by atoms with Crippen molar-refractivity contribution in [3.8, 4) is 33.4 Å². The lowest BCUT2D eigenvalue weighted by Gasteiger charge is -2.18. The minimum atomic E-state index is 1.18. The molecule has 0 saturated carbocycles. The van der Waals surface area contributed by atoms with Crippen LogP contribution in [0.3, 0.4) is 0 Å². The van der Waals surface area contributed by atoms with Gasteiger partial charge in [0.1, 0.15) is 0 Å². The van der Waals surface area contributed by atoms with Crippen LogP contribution in [-0.4, -0.2) is 0 Å². The van der Waals surface area contributed by atoms with E-state index in [0.29, 0.717) is 0 Å². The van der Waals surface area contributed by atoms with Crippen LogP contribution in [0.5, 0.6) is 0 Å². The minimum Gasteiger partial charge on any atom is -0.0616 e. The van der Waals surface area contributed by atoms with Gasteiger partial charge in [0.25, 0.3) is 0 Å². The van der Waals surface area contributed by atoms with Crippen LogP contribution < -0.4 is 0 Å². The fraction of sp³-hybridized carbons (Fsp3) is 0. The summed E-state index contributed by atoms with van der Waals surface area (Å²) < 4.78 is 0. The number of rotatable bonds is 5. The molecule has 9 aromatic carbocycles. The lowest BCUT2D eigenvalue weighted by Crippen LogP contribution is -1.91. The predicted molar refractivity (Wildman–Crippen MR) is 208 cm³/mol. The van der Waals surface area contributed by atoms with Gasteiger partial charge in [-0.15, -0.1) is 0 Å². The van der Waals surface area contributed by atoms with Gasteiger partial charge in [0.2, 0.25) is 0 Å². The number of hydrogen-bond acceptors (Lipinski definition) is 0. The Hall–Kier alpha value is -6.24. The molecule has 0 radical (unpaired) electrons. The molecule has 0 nitrogen and oxygen atoms in total. The molecule has 0 spiro atoms. The van der Waals surface area contributed by atoms with Crippen LogP contribution in [0.15, 0.2) is 182 Å². The summed E-state index contributed by atoms with van der Waals surface area (Å²) in [5.41, 5.74) is 9.92. The van der Waals surface area contributed by atoms with Crippen molar-refractivity contribution >= 4 is 55.2 Å². The first kappa shape index (κ1) is 28.0. The van der Waals surface area contributed by atoms with Gasteiger partial charge >= 0.3 is 0 Å². The van der Waals surface area contributed by atoms with Crippen LogP contribution in [0.4, 0.5) is 0 Å². The van der Waals surface area contributed by atoms with Crippen molar-refractivity contribution in [1.29, 1.82) is 0 Å². The van der Waals surface area contributed by atoms with E-state index >= 15 is 0 Å². The summed E-state index contributed by atoms with van der Waals surface area (Å²) in [5, 5.41) is 10.2. The highest BCUT2D eigenvalue weighted by atomic mass is 14.2. The summed E-state index contributed by atoms with van der Waals surface area (Å²) in [5.74, 6) is 0.